The maximum absolute atomic E-state index is 11.9. The number of rotatable bonds is 2. The number of hydrogen-bond donors (Lipinski definition) is 1. The van der Waals surface area contributed by atoms with Crippen molar-refractivity contribution in [3.63, 3.8) is 0 Å². The third-order valence-corrected chi connectivity index (χ3v) is 2.95. The van der Waals surface area contributed by atoms with Crippen molar-refractivity contribution in [3.8, 4) is 0 Å². The molecule has 1 aromatic rings. The van der Waals surface area contributed by atoms with Crippen molar-refractivity contribution in [2.75, 3.05) is 0 Å². The van der Waals surface area contributed by atoms with E-state index in [1.165, 1.54) is 16.7 Å². The van der Waals surface area contributed by atoms with E-state index in [-0.39, 0.29) is 5.56 Å². The molecular weight excluding hydrogens is 238 g/mol. The van der Waals surface area contributed by atoms with Gasteiger partial charge in [0.15, 0.2) is 0 Å². The average Bonchev–Trinajstić information content (AvgIpc) is 2.33. The largest absolute Gasteiger partial charge is 0.382 e. The van der Waals surface area contributed by atoms with Gasteiger partial charge in [-0.05, 0) is 21.3 Å². The van der Waals surface area contributed by atoms with Crippen LogP contribution in [0.25, 0.3) is 0 Å². The van der Waals surface area contributed by atoms with E-state index >= 15 is 0 Å². The normalized spacial score (nSPS) is 13.9. The summed E-state index contributed by atoms with van der Waals surface area (Å²) in [5.74, 6) is 0. The molecule has 0 aromatic carbocycles. The molecule has 1 rings (SSSR count). The molecule has 11 heavy (non-hydrogen) atoms. The van der Waals surface area contributed by atoms with Crippen LogP contribution in [-0.4, -0.2) is 11.5 Å². The fourth-order valence-corrected chi connectivity index (χ4v) is 2.20. The van der Waals surface area contributed by atoms with Gasteiger partial charge in [0.1, 0.15) is 6.10 Å². The van der Waals surface area contributed by atoms with E-state index in [9.17, 15) is 8.78 Å². The zero-order valence-corrected chi connectivity index (χ0v) is 7.70. The SMILES string of the molecule is OC(c1cscc1Br)C(F)F. The van der Waals surface area contributed by atoms with Gasteiger partial charge < -0.3 is 5.11 Å². The van der Waals surface area contributed by atoms with Crippen LogP contribution in [0.4, 0.5) is 8.78 Å². The van der Waals surface area contributed by atoms with Crippen LogP contribution in [0.2, 0.25) is 0 Å². The molecule has 0 saturated heterocycles. The molecule has 1 aromatic heterocycles. The Morgan fingerprint density at radius 3 is 2.45 bits per heavy atom. The summed E-state index contributed by atoms with van der Waals surface area (Å²) in [6.45, 7) is 0. The Hall–Kier alpha value is -0.000000000000000111. The van der Waals surface area contributed by atoms with Crippen molar-refractivity contribution in [2.45, 2.75) is 12.5 Å². The Labute approximate surface area is 74.8 Å². The first kappa shape index (κ1) is 9.09. The second kappa shape index (κ2) is 3.60. The standard InChI is InChI=1S/C6H5BrF2OS/c7-4-2-11-1-3(4)5(10)6(8)9/h1-2,5-6,10H. The van der Waals surface area contributed by atoms with Gasteiger partial charge in [0, 0.05) is 15.4 Å². The molecule has 1 heterocycles. The first-order valence-electron chi connectivity index (χ1n) is 2.80. The van der Waals surface area contributed by atoms with Crippen LogP contribution < -0.4 is 0 Å². The molecule has 0 spiro atoms. The molecule has 0 aliphatic rings. The van der Waals surface area contributed by atoms with Crippen LogP contribution in [-0.2, 0) is 0 Å². The number of alkyl halides is 2. The van der Waals surface area contributed by atoms with Crippen molar-refractivity contribution in [1.82, 2.24) is 0 Å². The number of halogens is 3. The first-order chi connectivity index (χ1) is 5.13. The monoisotopic (exact) mass is 242 g/mol. The van der Waals surface area contributed by atoms with Gasteiger partial charge in [-0.15, -0.1) is 0 Å². The van der Waals surface area contributed by atoms with Crippen LogP contribution in [0, 0.1) is 0 Å². The predicted molar refractivity (Wildman–Crippen MR) is 43.0 cm³/mol. The lowest BCUT2D eigenvalue weighted by Crippen LogP contribution is -2.06. The molecule has 62 valence electrons. The van der Waals surface area contributed by atoms with Crippen molar-refractivity contribution in [2.24, 2.45) is 0 Å². The highest BCUT2D eigenvalue weighted by atomic mass is 79.9. The van der Waals surface area contributed by atoms with Gasteiger partial charge in [0.05, 0.1) is 0 Å². The van der Waals surface area contributed by atoms with Crippen LogP contribution in [0.1, 0.15) is 11.7 Å². The van der Waals surface area contributed by atoms with E-state index in [0.29, 0.717) is 4.47 Å². The predicted octanol–water partition coefficient (Wildman–Crippen LogP) is 2.81. The van der Waals surface area contributed by atoms with Gasteiger partial charge in [-0.2, -0.15) is 11.3 Å². The summed E-state index contributed by atoms with van der Waals surface area (Å²) in [6, 6.07) is 0. The zero-order chi connectivity index (χ0) is 8.43. The van der Waals surface area contributed by atoms with E-state index < -0.39 is 12.5 Å². The first-order valence-corrected chi connectivity index (χ1v) is 4.54. The minimum atomic E-state index is -2.72. The van der Waals surface area contributed by atoms with Crippen molar-refractivity contribution in [3.05, 3.63) is 20.8 Å². The number of aliphatic hydroxyl groups is 1. The van der Waals surface area contributed by atoms with E-state index in [1.54, 1.807) is 5.38 Å². The third kappa shape index (κ3) is 1.98. The molecule has 1 unspecified atom stereocenters. The van der Waals surface area contributed by atoms with E-state index in [2.05, 4.69) is 15.9 Å². The van der Waals surface area contributed by atoms with Gasteiger partial charge in [0.25, 0.3) is 6.43 Å². The van der Waals surface area contributed by atoms with E-state index in [4.69, 9.17) is 5.11 Å². The molecular formula is C6H5BrF2OS. The summed E-state index contributed by atoms with van der Waals surface area (Å²) in [4.78, 5) is 0. The second-order valence-corrected chi connectivity index (χ2v) is 3.55. The van der Waals surface area contributed by atoms with Crippen molar-refractivity contribution in [1.29, 1.82) is 0 Å². The molecule has 0 amide bonds. The summed E-state index contributed by atoms with van der Waals surface area (Å²) < 4.78 is 24.3. The smallest absolute Gasteiger partial charge is 0.268 e. The quantitative estimate of drug-likeness (QED) is 0.846. The topological polar surface area (TPSA) is 20.2 Å². The molecule has 0 aliphatic heterocycles. The molecule has 0 fully saturated rings. The Bertz CT molecular complexity index is 238. The average molecular weight is 243 g/mol. The van der Waals surface area contributed by atoms with Crippen LogP contribution >= 0.6 is 27.3 Å². The minimum Gasteiger partial charge on any atom is -0.382 e. The van der Waals surface area contributed by atoms with Gasteiger partial charge in [-0.1, -0.05) is 0 Å². The van der Waals surface area contributed by atoms with Crippen LogP contribution in [0.5, 0.6) is 0 Å². The Morgan fingerprint density at radius 2 is 2.09 bits per heavy atom. The highest BCUT2D eigenvalue weighted by Gasteiger charge is 2.21. The fraction of sp³-hybridized carbons (Fsp3) is 0.333. The third-order valence-electron chi connectivity index (χ3n) is 1.20. The molecule has 1 atom stereocenters. The summed E-state index contributed by atoms with van der Waals surface area (Å²) in [6.07, 6.45) is -4.39. The van der Waals surface area contributed by atoms with Crippen LogP contribution in [0.15, 0.2) is 15.2 Å². The fourth-order valence-electron chi connectivity index (χ4n) is 0.638. The minimum absolute atomic E-state index is 0.255. The highest BCUT2D eigenvalue weighted by Crippen LogP contribution is 2.30. The summed E-state index contributed by atoms with van der Waals surface area (Å²) >= 11 is 4.32. The Kier molecular flexibility index (Phi) is 2.98. The summed E-state index contributed by atoms with van der Waals surface area (Å²) in [7, 11) is 0. The number of thiophene rings is 1. The van der Waals surface area contributed by atoms with E-state index in [1.807, 2.05) is 0 Å². The van der Waals surface area contributed by atoms with Crippen LogP contribution in [0.3, 0.4) is 0 Å². The lowest BCUT2D eigenvalue weighted by molar-refractivity contribution is -0.00592. The summed E-state index contributed by atoms with van der Waals surface area (Å²) in [5, 5.41) is 12.0. The molecule has 1 N–H and O–H groups in total. The van der Waals surface area contributed by atoms with Gasteiger partial charge in [0.2, 0.25) is 0 Å². The lowest BCUT2D eigenvalue weighted by Gasteiger charge is -2.06. The number of hydrogen-bond acceptors (Lipinski definition) is 2. The van der Waals surface area contributed by atoms with E-state index in [0.717, 1.165) is 0 Å². The lowest BCUT2D eigenvalue weighted by atomic mass is 10.2. The molecule has 0 radical (unpaired) electrons. The van der Waals surface area contributed by atoms with Gasteiger partial charge in [-0.25, -0.2) is 8.78 Å². The molecule has 1 nitrogen and oxygen atoms in total. The maximum Gasteiger partial charge on any atom is 0.268 e. The zero-order valence-electron chi connectivity index (χ0n) is 5.30. The second-order valence-electron chi connectivity index (χ2n) is 1.95. The van der Waals surface area contributed by atoms with Crippen molar-refractivity contribution >= 4 is 27.3 Å². The van der Waals surface area contributed by atoms with Gasteiger partial charge in [-0.3, -0.25) is 0 Å². The Balaban J connectivity index is 2.84. The molecule has 0 bridgehead atoms. The highest BCUT2D eigenvalue weighted by molar-refractivity contribution is 9.10. The molecule has 0 aliphatic carbocycles. The maximum atomic E-state index is 11.9. The summed E-state index contributed by atoms with van der Waals surface area (Å²) in [5.41, 5.74) is 0.255. The molecule has 5 heteroatoms. The number of aliphatic hydroxyl groups excluding tert-OH is 1. The van der Waals surface area contributed by atoms with Gasteiger partial charge >= 0.3 is 0 Å². The molecule has 0 saturated carbocycles. The Morgan fingerprint density at radius 1 is 1.45 bits per heavy atom. The van der Waals surface area contributed by atoms with Crippen molar-refractivity contribution < 1.29 is 13.9 Å².